The lowest BCUT2D eigenvalue weighted by atomic mass is 9.69. The van der Waals surface area contributed by atoms with Gasteiger partial charge in [0.2, 0.25) is 5.78 Å². The SMILES string of the molecule is O=C1/C(=C(\O)c2ccccc2)C[C@H](c2ccccc2)[C@H]2c3ccccc3O[C@@H]12. The van der Waals surface area contributed by atoms with Gasteiger partial charge in [-0.3, -0.25) is 4.79 Å². The number of aliphatic hydroxyl groups is 1. The molecule has 3 aromatic rings. The fourth-order valence-electron chi connectivity index (χ4n) is 4.51. The Balaban J connectivity index is 1.65. The first-order valence-electron chi connectivity index (χ1n) is 9.56. The van der Waals surface area contributed by atoms with Crippen LogP contribution >= 0.6 is 0 Å². The van der Waals surface area contributed by atoms with Crippen molar-refractivity contribution in [2.24, 2.45) is 0 Å². The van der Waals surface area contributed by atoms with Crippen LogP contribution in [0.25, 0.3) is 5.76 Å². The summed E-state index contributed by atoms with van der Waals surface area (Å²) in [6.45, 7) is 0. The molecule has 0 unspecified atom stereocenters. The highest BCUT2D eigenvalue weighted by Gasteiger charge is 2.49. The van der Waals surface area contributed by atoms with Gasteiger partial charge in [0.1, 0.15) is 11.5 Å². The zero-order valence-electron chi connectivity index (χ0n) is 15.3. The van der Waals surface area contributed by atoms with Crippen molar-refractivity contribution in [3.8, 4) is 5.75 Å². The summed E-state index contributed by atoms with van der Waals surface area (Å²) in [5.41, 5.74) is 3.34. The summed E-state index contributed by atoms with van der Waals surface area (Å²) in [4.78, 5) is 13.3. The van der Waals surface area contributed by atoms with Crippen LogP contribution in [-0.2, 0) is 4.79 Å². The van der Waals surface area contributed by atoms with Gasteiger partial charge < -0.3 is 9.84 Å². The second kappa shape index (κ2) is 6.68. The van der Waals surface area contributed by atoms with Gasteiger partial charge in [-0.1, -0.05) is 78.9 Å². The van der Waals surface area contributed by atoms with Crippen LogP contribution in [0.4, 0.5) is 0 Å². The molecule has 3 atom stereocenters. The van der Waals surface area contributed by atoms with Crippen molar-refractivity contribution in [3.05, 3.63) is 107 Å². The van der Waals surface area contributed by atoms with E-state index in [2.05, 4.69) is 18.2 Å². The van der Waals surface area contributed by atoms with Crippen LogP contribution in [-0.4, -0.2) is 17.0 Å². The predicted molar refractivity (Wildman–Crippen MR) is 108 cm³/mol. The number of ketones is 1. The molecule has 138 valence electrons. The number of fused-ring (bicyclic) bond motifs is 3. The zero-order chi connectivity index (χ0) is 19.1. The molecule has 3 heteroatoms. The van der Waals surface area contributed by atoms with Gasteiger partial charge in [0.05, 0.1) is 0 Å². The van der Waals surface area contributed by atoms with Crippen LogP contribution in [0.5, 0.6) is 5.75 Å². The van der Waals surface area contributed by atoms with E-state index in [0.717, 1.165) is 16.9 Å². The van der Waals surface area contributed by atoms with Gasteiger partial charge in [-0.05, 0) is 24.0 Å². The monoisotopic (exact) mass is 368 g/mol. The van der Waals surface area contributed by atoms with E-state index in [1.165, 1.54) is 0 Å². The fraction of sp³-hybridized carbons (Fsp3) is 0.160. The van der Waals surface area contributed by atoms with E-state index in [0.29, 0.717) is 17.6 Å². The number of carbonyl (C=O) groups excluding carboxylic acids is 1. The number of Topliss-reactive ketones (excluding diaryl/α,β-unsaturated/α-hetero) is 1. The number of para-hydroxylation sites is 1. The van der Waals surface area contributed by atoms with Crippen molar-refractivity contribution < 1.29 is 14.6 Å². The van der Waals surface area contributed by atoms with Gasteiger partial charge in [-0.2, -0.15) is 0 Å². The van der Waals surface area contributed by atoms with E-state index in [4.69, 9.17) is 4.74 Å². The Morgan fingerprint density at radius 2 is 1.50 bits per heavy atom. The molecule has 0 radical (unpaired) electrons. The first-order valence-corrected chi connectivity index (χ1v) is 9.56. The van der Waals surface area contributed by atoms with E-state index in [1.807, 2.05) is 66.7 Å². The molecule has 0 aromatic heterocycles. The maximum Gasteiger partial charge on any atom is 0.203 e. The van der Waals surface area contributed by atoms with Crippen molar-refractivity contribution in [3.63, 3.8) is 0 Å². The minimum atomic E-state index is -0.600. The summed E-state index contributed by atoms with van der Waals surface area (Å²) >= 11 is 0. The molecule has 0 saturated heterocycles. The number of rotatable bonds is 2. The van der Waals surface area contributed by atoms with Crippen LogP contribution in [0.3, 0.4) is 0 Å². The van der Waals surface area contributed by atoms with E-state index in [-0.39, 0.29) is 23.4 Å². The van der Waals surface area contributed by atoms with Gasteiger partial charge in [-0.15, -0.1) is 0 Å². The highest BCUT2D eigenvalue weighted by atomic mass is 16.5. The maximum atomic E-state index is 13.3. The van der Waals surface area contributed by atoms with Crippen molar-refractivity contribution in [2.75, 3.05) is 0 Å². The molecule has 0 bridgehead atoms. The molecule has 3 aromatic carbocycles. The summed E-state index contributed by atoms with van der Waals surface area (Å²) < 4.78 is 6.10. The fourth-order valence-corrected chi connectivity index (χ4v) is 4.51. The average Bonchev–Trinajstić information content (AvgIpc) is 3.15. The second-order valence-electron chi connectivity index (χ2n) is 7.38. The Hall–Kier alpha value is -3.33. The Morgan fingerprint density at radius 3 is 2.25 bits per heavy atom. The first-order chi connectivity index (χ1) is 13.7. The quantitative estimate of drug-likeness (QED) is 0.496. The summed E-state index contributed by atoms with van der Waals surface area (Å²) in [7, 11) is 0. The van der Waals surface area contributed by atoms with Gasteiger partial charge in [-0.25, -0.2) is 0 Å². The summed E-state index contributed by atoms with van der Waals surface area (Å²) in [5, 5.41) is 10.9. The Labute approximate surface area is 163 Å². The lowest BCUT2D eigenvalue weighted by Crippen LogP contribution is -2.39. The molecule has 1 aliphatic carbocycles. The Kier molecular flexibility index (Phi) is 4.01. The number of ether oxygens (including phenoxy) is 1. The van der Waals surface area contributed by atoms with Gasteiger partial charge in [0.25, 0.3) is 0 Å². The minimum Gasteiger partial charge on any atom is -0.507 e. The molecule has 1 aliphatic heterocycles. The smallest absolute Gasteiger partial charge is 0.203 e. The number of hydrogen-bond acceptors (Lipinski definition) is 3. The Bertz CT molecular complexity index is 1050. The first kappa shape index (κ1) is 16.8. The number of carbonyl (C=O) groups is 1. The van der Waals surface area contributed by atoms with Crippen LogP contribution in [0, 0.1) is 0 Å². The van der Waals surface area contributed by atoms with Crippen molar-refractivity contribution in [2.45, 2.75) is 24.4 Å². The summed E-state index contributed by atoms with van der Waals surface area (Å²) in [6, 6.07) is 27.4. The third-order valence-corrected chi connectivity index (χ3v) is 5.83. The van der Waals surface area contributed by atoms with Crippen molar-refractivity contribution in [1.82, 2.24) is 0 Å². The molecule has 3 nitrogen and oxygen atoms in total. The lowest BCUT2D eigenvalue weighted by Gasteiger charge is -2.34. The molecule has 5 rings (SSSR count). The summed E-state index contributed by atoms with van der Waals surface area (Å²) in [6.07, 6.45) is -0.111. The standard InChI is InChI=1S/C25H20O3/c26-23(17-11-5-2-6-12-17)20-15-19(16-9-3-1-4-10-16)22-18-13-7-8-14-21(18)28-25(22)24(20)27/h1-14,19,22,25-26H,15H2/b23-20-/t19-,22-,25-/m1/s1. The minimum absolute atomic E-state index is 0.0431. The van der Waals surface area contributed by atoms with Crippen LogP contribution in [0.1, 0.15) is 34.9 Å². The molecule has 1 saturated carbocycles. The van der Waals surface area contributed by atoms with Crippen molar-refractivity contribution >= 4 is 11.5 Å². The predicted octanol–water partition coefficient (Wildman–Crippen LogP) is 5.26. The van der Waals surface area contributed by atoms with Crippen LogP contribution in [0.2, 0.25) is 0 Å². The molecular formula is C25H20O3. The normalized spacial score (nSPS) is 24.9. The molecule has 1 N–H and O–H groups in total. The number of aliphatic hydroxyl groups excluding tert-OH is 1. The van der Waals surface area contributed by atoms with Gasteiger partial charge in [0.15, 0.2) is 6.10 Å². The summed E-state index contributed by atoms with van der Waals surface area (Å²) in [5.74, 6) is 0.735. The Morgan fingerprint density at radius 1 is 0.857 bits per heavy atom. The molecule has 1 fully saturated rings. The molecule has 2 aliphatic rings. The second-order valence-corrected chi connectivity index (χ2v) is 7.38. The van der Waals surface area contributed by atoms with Gasteiger partial charge in [0, 0.05) is 22.6 Å². The van der Waals surface area contributed by atoms with Crippen molar-refractivity contribution in [1.29, 1.82) is 0 Å². The van der Waals surface area contributed by atoms with E-state index in [9.17, 15) is 9.90 Å². The maximum absolute atomic E-state index is 13.3. The number of benzene rings is 3. The molecule has 28 heavy (non-hydrogen) atoms. The molecule has 1 heterocycles. The topological polar surface area (TPSA) is 46.5 Å². The highest BCUT2D eigenvalue weighted by molar-refractivity contribution is 6.06. The molecule has 0 amide bonds. The van der Waals surface area contributed by atoms with E-state index < -0.39 is 6.10 Å². The van der Waals surface area contributed by atoms with E-state index in [1.54, 1.807) is 0 Å². The third-order valence-electron chi connectivity index (χ3n) is 5.83. The van der Waals surface area contributed by atoms with E-state index >= 15 is 0 Å². The van der Waals surface area contributed by atoms with Crippen LogP contribution in [0.15, 0.2) is 90.5 Å². The highest BCUT2D eigenvalue weighted by Crippen LogP contribution is 2.52. The lowest BCUT2D eigenvalue weighted by molar-refractivity contribution is -0.123. The largest absolute Gasteiger partial charge is 0.507 e. The third kappa shape index (κ3) is 2.63. The van der Waals surface area contributed by atoms with Crippen LogP contribution < -0.4 is 4.74 Å². The van der Waals surface area contributed by atoms with Gasteiger partial charge >= 0.3 is 0 Å². The molecular weight excluding hydrogens is 348 g/mol. The molecule has 0 spiro atoms. The number of hydrogen-bond donors (Lipinski definition) is 1. The average molecular weight is 368 g/mol. The zero-order valence-corrected chi connectivity index (χ0v) is 15.3.